The van der Waals surface area contributed by atoms with Gasteiger partial charge in [0.1, 0.15) is 5.82 Å². The second-order valence-electron chi connectivity index (χ2n) is 5.84. The molecule has 0 aliphatic heterocycles. The van der Waals surface area contributed by atoms with Crippen LogP contribution in [-0.2, 0) is 6.54 Å². The Morgan fingerprint density at radius 1 is 0.958 bits per heavy atom. The highest BCUT2D eigenvalue weighted by Crippen LogP contribution is 2.21. The smallest absolute Gasteiger partial charge is 0.225 e. The number of aromatic nitrogens is 3. The number of anilines is 3. The third-order valence-corrected chi connectivity index (χ3v) is 3.65. The van der Waals surface area contributed by atoms with Gasteiger partial charge in [0.05, 0.1) is 12.2 Å². The normalized spacial score (nSPS) is 10.5. The molecule has 0 aliphatic carbocycles. The number of hydrogen-bond acceptors (Lipinski definition) is 5. The number of aryl methyl sites for hydroxylation is 3. The van der Waals surface area contributed by atoms with Crippen molar-refractivity contribution in [3.05, 3.63) is 71.2 Å². The minimum Gasteiger partial charge on any atom is -0.349 e. The highest BCUT2D eigenvalue weighted by atomic mass is 15.1. The lowest BCUT2D eigenvalue weighted by atomic mass is 10.1. The topological polar surface area (TPSA) is 62.7 Å². The molecule has 0 aliphatic rings. The second-order valence-corrected chi connectivity index (χ2v) is 5.84. The van der Waals surface area contributed by atoms with Gasteiger partial charge >= 0.3 is 0 Å². The maximum Gasteiger partial charge on any atom is 0.225 e. The molecule has 2 N–H and O–H groups in total. The zero-order chi connectivity index (χ0) is 16.9. The number of hydrogen-bond donors (Lipinski definition) is 2. The van der Waals surface area contributed by atoms with E-state index in [0.29, 0.717) is 12.5 Å². The Morgan fingerprint density at radius 2 is 1.83 bits per heavy atom. The van der Waals surface area contributed by atoms with E-state index >= 15 is 0 Å². The molecule has 122 valence electrons. The highest BCUT2D eigenvalue weighted by molar-refractivity contribution is 5.61. The van der Waals surface area contributed by atoms with Gasteiger partial charge in [-0.25, -0.2) is 4.98 Å². The van der Waals surface area contributed by atoms with E-state index in [1.807, 2.05) is 31.2 Å². The molecular weight excluding hydrogens is 298 g/mol. The van der Waals surface area contributed by atoms with Gasteiger partial charge in [-0.3, -0.25) is 4.98 Å². The summed E-state index contributed by atoms with van der Waals surface area (Å²) in [6, 6.07) is 14.1. The van der Waals surface area contributed by atoms with Gasteiger partial charge in [0.15, 0.2) is 0 Å². The van der Waals surface area contributed by atoms with Crippen molar-refractivity contribution < 1.29 is 0 Å². The molecule has 0 amide bonds. The number of benzene rings is 1. The van der Waals surface area contributed by atoms with Crippen molar-refractivity contribution in [1.82, 2.24) is 15.0 Å². The standard InChI is InChI=1S/C19H21N5/c1-13-7-8-17(14(2)10-13)23-18-11-15(3)22-19(24-18)21-12-16-6-4-5-9-20-16/h4-11H,12H2,1-3H3,(H2,21,22,23,24). The van der Waals surface area contributed by atoms with E-state index < -0.39 is 0 Å². The molecule has 3 rings (SSSR count). The molecule has 0 radical (unpaired) electrons. The van der Waals surface area contributed by atoms with Crippen LogP contribution in [0, 0.1) is 20.8 Å². The van der Waals surface area contributed by atoms with Crippen LogP contribution >= 0.6 is 0 Å². The molecule has 0 saturated carbocycles. The predicted molar refractivity (Wildman–Crippen MR) is 97.5 cm³/mol. The molecule has 3 aromatic rings. The van der Waals surface area contributed by atoms with Crippen LogP contribution in [0.4, 0.5) is 17.5 Å². The lowest BCUT2D eigenvalue weighted by Crippen LogP contribution is -2.07. The maximum atomic E-state index is 4.55. The van der Waals surface area contributed by atoms with Crippen LogP contribution < -0.4 is 10.6 Å². The van der Waals surface area contributed by atoms with Crippen molar-refractivity contribution in [3.8, 4) is 0 Å². The van der Waals surface area contributed by atoms with Crippen molar-refractivity contribution in [2.24, 2.45) is 0 Å². The highest BCUT2D eigenvalue weighted by Gasteiger charge is 2.05. The van der Waals surface area contributed by atoms with E-state index in [-0.39, 0.29) is 0 Å². The average molecular weight is 319 g/mol. The number of rotatable bonds is 5. The van der Waals surface area contributed by atoms with Gasteiger partial charge in [-0.1, -0.05) is 23.8 Å². The van der Waals surface area contributed by atoms with Crippen LogP contribution in [-0.4, -0.2) is 15.0 Å². The molecule has 1 aromatic carbocycles. The first kappa shape index (κ1) is 15.9. The lowest BCUT2D eigenvalue weighted by Gasteiger charge is -2.12. The fraction of sp³-hybridized carbons (Fsp3) is 0.211. The van der Waals surface area contributed by atoms with E-state index in [1.54, 1.807) is 6.20 Å². The molecule has 24 heavy (non-hydrogen) atoms. The molecule has 5 heteroatoms. The number of nitrogens with one attached hydrogen (secondary N) is 2. The van der Waals surface area contributed by atoms with Gasteiger partial charge in [0.2, 0.25) is 5.95 Å². The van der Waals surface area contributed by atoms with E-state index in [2.05, 4.69) is 57.6 Å². The monoisotopic (exact) mass is 319 g/mol. The van der Waals surface area contributed by atoms with Gasteiger partial charge in [0, 0.05) is 23.6 Å². The summed E-state index contributed by atoms with van der Waals surface area (Å²) in [5.74, 6) is 1.37. The minimum atomic E-state index is 0.591. The molecule has 2 heterocycles. The summed E-state index contributed by atoms with van der Waals surface area (Å²) < 4.78 is 0. The van der Waals surface area contributed by atoms with Gasteiger partial charge in [-0.15, -0.1) is 0 Å². The molecule has 0 unspecified atom stereocenters. The summed E-state index contributed by atoms with van der Waals surface area (Å²) in [5, 5.41) is 6.60. The lowest BCUT2D eigenvalue weighted by molar-refractivity contribution is 0.991. The third-order valence-electron chi connectivity index (χ3n) is 3.65. The summed E-state index contributed by atoms with van der Waals surface area (Å²) >= 11 is 0. The number of nitrogens with zero attached hydrogens (tertiary/aromatic N) is 3. The SMILES string of the molecule is Cc1ccc(Nc2cc(C)nc(NCc3ccccn3)n2)c(C)c1. The van der Waals surface area contributed by atoms with Gasteiger partial charge in [-0.2, -0.15) is 4.98 Å². The first-order chi connectivity index (χ1) is 11.6. The second kappa shape index (κ2) is 7.08. The first-order valence-electron chi connectivity index (χ1n) is 7.94. The van der Waals surface area contributed by atoms with E-state index in [0.717, 1.165) is 22.9 Å². The largest absolute Gasteiger partial charge is 0.349 e. The van der Waals surface area contributed by atoms with Crippen molar-refractivity contribution in [3.63, 3.8) is 0 Å². The summed E-state index contributed by atoms with van der Waals surface area (Å²) in [5.41, 5.74) is 5.34. The molecule has 0 fully saturated rings. The molecule has 0 saturated heterocycles. The van der Waals surface area contributed by atoms with Crippen molar-refractivity contribution >= 4 is 17.5 Å². The van der Waals surface area contributed by atoms with Crippen LogP contribution in [0.3, 0.4) is 0 Å². The van der Waals surface area contributed by atoms with Crippen LogP contribution in [0.25, 0.3) is 0 Å². The third kappa shape index (κ3) is 4.07. The van der Waals surface area contributed by atoms with Crippen molar-refractivity contribution in [2.45, 2.75) is 27.3 Å². The quantitative estimate of drug-likeness (QED) is 0.739. The Balaban J connectivity index is 1.76. The zero-order valence-electron chi connectivity index (χ0n) is 14.2. The minimum absolute atomic E-state index is 0.591. The fourth-order valence-corrected chi connectivity index (χ4v) is 2.48. The van der Waals surface area contributed by atoms with E-state index in [9.17, 15) is 0 Å². The van der Waals surface area contributed by atoms with Crippen LogP contribution in [0.15, 0.2) is 48.7 Å². The van der Waals surface area contributed by atoms with Crippen LogP contribution in [0.2, 0.25) is 0 Å². The fourth-order valence-electron chi connectivity index (χ4n) is 2.48. The van der Waals surface area contributed by atoms with Crippen molar-refractivity contribution in [1.29, 1.82) is 0 Å². The predicted octanol–water partition coefficient (Wildman–Crippen LogP) is 4.15. The van der Waals surface area contributed by atoms with Gasteiger partial charge < -0.3 is 10.6 Å². The van der Waals surface area contributed by atoms with Crippen LogP contribution in [0.1, 0.15) is 22.5 Å². The Labute approximate surface area is 142 Å². The van der Waals surface area contributed by atoms with Crippen molar-refractivity contribution in [2.75, 3.05) is 10.6 Å². The molecule has 0 spiro atoms. The Kier molecular flexibility index (Phi) is 4.70. The van der Waals surface area contributed by atoms with E-state index in [1.165, 1.54) is 11.1 Å². The van der Waals surface area contributed by atoms with Gasteiger partial charge in [-0.05, 0) is 44.5 Å². The molecule has 0 bridgehead atoms. The van der Waals surface area contributed by atoms with Gasteiger partial charge in [0.25, 0.3) is 0 Å². The molecule has 5 nitrogen and oxygen atoms in total. The summed E-state index contributed by atoms with van der Waals surface area (Å²) in [7, 11) is 0. The Bertz CT molecular complexity index is 830. The zero-order valence-corrected chi connectivity index (χ0v) is 14.2. The molecular formula is C19H21N5. The number of pyridine rings is 1. The Hall–Kier alpha value is -2.95. The average Bonchev–Trinajstić information content (AvgIpc) is 2.56. The molecule has 2 aromatic heterocycles. The summed E-state index contributed by atoms with van der Waals surface area (Å²) in [6.07, 6.45) is 1.78. The first-order valence-corrected chi connectivity index (χ1v) is 7.94. The summed E-state index contributed by atoms with van der Waals surface area (Å²) in [6.45, 7) is 6.73. The maximum absolute atomic E-state index is 4.55. The molecule has 0 atom stereocenters. The summed E-state index contributed by atoms with van der Waals surface area (Å²) in [4.78, 5) is 13.3. The van der Waals surface area contributed by atoms with Crippen LogP contribution in [0.5, 0.6) is 0 Å². The van der Waals surface area contributed by atoms with E-state index in [4.69, 9.17) is 0 Å². The Morgan fingerprint density at radius 3 is 2.58 bits per heavy atom.